The van der Waals surface area contributed by atoms with Crippen molar-refractivity contribution in [2.24, 2.45) is 11.8 Å². The molecule has 1 amide bonds. The topological polar surface area (TPSA) is 85.7 Å². The van der Waals surface area contributed by atoms with Crippen LogP contribution in [0.25, 0.3) is 0 Å². The van der Waals surface area contributed by atoms with Gasteiger partial charge in [-0.3, -0.25) is 9.69 Å². The highest BCUT2D eigenvalue weighted by atomic mass is 16.3. The normalized spacial score (nSPS) is 27.6. The van der Waals surface area contributed by atoms with Crippen LogP contribution in [-0.4, -0.2) is 51.2 Å². The second kappa shape index (κ2) is 8.22. The molecule has 1 aromatic carbocycles. The second-order valence-electron chi connectivity index (χ2n) is 8.71. The summed E-state index contributed by atoms with van der Waals surface area (Å²) in [5.74, 6) is 1.29. The number of nitrogens with one attached hydrogen (secondary N) is 1. The zero-order valence-corrected chi connectivity index (χ0v) is 16.8. The fourth-order valence-electron chi connectivity index (χ4n) is 5.03. The number of fused-ring (bicyclic) bond motifs is 1. The predicted octanol–water partition coefficient (Wildman–Crippen LogP) is 2.39. The van der Waals surface area contributed by atoms with E-state index in [1.807, 2.05) is 18.2 Å². The molecule has 4 rings (SSSR count). The van der Waals surface area contributed by atoms with E-state index in [1.54, 1.807) is 18.3 Å². The fourth-order valence-corrected chi connectivity index (χ4v) is 5.03. The molecule has 1 aliphatic carbocycles. The molecule has 6 heteroatoms. The number of anilines is 1. The number of aliphatic hydroxyl groups is 2. The lowest BCUT2D eigenvalue weighted by Gasteiger charge is -2.27. The Morgan fingerprint density at radius 1 is 1.21 bits per heavy atom. The fraction of sp³-hybridized carbons (Fsp3) is 0.478. The maximum absolute atomic E-state index is 11.1. The van der Waals surface area contributed by atoms with E-state index in [0.717, 1.165) is 37.9 Å². The number of β-amino-alcohol motifs (C(OH)–C–C–N with tert-alkyl or cyclic N) is 1. The lowest BCUT2D eigenvalue weighted by atomic mass is 9.91. The lowest BCUT2D eigenvalue weighted by molar-refractivity contribution is -0.114. The van der Waals surface area contributed by atoms with Crippen molar-refractivity contribution < 1.29 is 15.0 Å². The summed E-state index contributed by atoms with van der Waals surface area (Å²) in [6.45, 7) is 3.83. The van der Waals surface area contributed by atoms with Crippen LogP contribution in [0.15, 0.2) is 48.7 Å². The molecule has 1 aliphatic heterocycles. The molecule has 0 spiro atoms. The van der Waals surface area contributed by atoms with Crippen molar-refractivity contribution in [3.05, 3.63) is 59.8 Å². The summed E-state index contributed by atoms with van der Waals surface area (Å²) >= 11 is 0. The lowest BCUT2D eigenvalue weighted by Crippen LogP contribution is -2.33. The van der Waals surface area contributed by atoms with E-state index in [2.05, 4.69) is 27.3 Å². The first-order chi connectivity index (χ1) is 13.9. The number of amides is 1. The van der Waals surface area contributed by atoms with Crippen LogP contribution in [-0.2, 0) is 11.2 Å². The summed E-state index contributed by atoms with van der Waals surface area (Å²) in [4.78, 5) is 17.6. The third-order valence-electron chi connectivity index (χ3n) is 6.22. The minimum atomic E-state index is -0.615. The number of benzene rings is 1. The van der Waals surface area contributed by atoms with Crippen LogP contribution < -0.4 is 5.32 Å². The van der Waals surface area contributed by atoms with Gasteiger partial charge in [0, 0.05) is 44.7 Å². The summed E-state index contributed by atoms with van der Waals surface area (Å²) in [5.41, 5.74) is 1.33. The number of aliphatic hydroxyl groups excluding tert-OH is 1. The second-order valence-corrected chi connectivity index (χ2v) is 8.71. The Morgan fingerprint density at radius 2 is 1.90 bits per heavy atom. The summed E-state index contributed by atoms with van der Waals surface area (Å²) in [6, 6.07) is 13.7. The average molecular weight is 396 g/mol. The molecule has 6 nitrogen and oxygen atoms in total. The first-order valence-electron chi connectivity index (χ1n) is 10.3. The third kappa shape index (κ3) is 4.83. The molecule has 1 aromatic heterocycles. The van der Waals surface area contributed by atoms with Crippen molar-refractivity contribution in [2.75, 3.05) is 25.0 Å². The van der Waals surface area contributed by atoms with E-state index in [1.165, 1.54) is 12.5 Å². The van der Waals surface area contributed by atoms with Crippen molar-refractivity contribution in [2.45, 2.75) is 37.9 Å². The van der Waals surface area contributed by atoms with Gasteiger partial charge in [0.05, 0.1) is 11.7 Å². The van der Waals surface area contributed by atoms with Crippen molar-refractivity contribution in [1.82, 2.24) is 9.88 Å². The van der Waals surface area contributed by atoms with Gasteiger partial charge in [0.1, 0.15) is 5.82 Å². The number of carbonyl (C=O) groups excluding carboxylic acids is 1. The van der Waals surface area contributed by atoms with Gasteiger partial charge in [0.25, 0.3) is 0 Å². The van der Waals surface area contributed by atoms with E-state index in [0.29, 0.717) is 24.2 Å². The molecule has 1 unspecified atom stereocenters. The number of hydrogen-bond acceptors (Lipinski definition) is 5. The molecular weight excluding hydrogens is 366 g/mol. The van der Waals surface area contributed by atoms with Crippen LogP contribution >= 0.6 is 0 Å². The molecule has 2 aromatic rings. The van der Waals surface area contributed by atoms with Crippen LogP contribution in [0.5, 0.6) is 0 Å². The number of rotatable bonds is 6. The summed E-state index contributed by atoms with van der Waals surface area (Å²) < 4.78 is 0. The van der Waals surface area contributed by atoms with Crippen molar-refractivity contribution in [3.8, 4) is 0 Å². The number of nitrogens with zero attached hydrogens (tertiary/aromatic N) is 2. The summed E-state index contributed by atoms with van der Waals surface area (Å²) in [6.07, 6.45) is 3.37. The van der Waals surface area contributed by atoms with Gasteiger partial charge in [0.2, 0.25) is 5.91 Å². The smallest absolute Gasteiger partial charge is 0.222 e. The van der Waals surface area contributed by atoms with Crippen LogP contribution in [0, 0.1) is 11.8 Å². The van der Waals surface area contributed by atoms with Crippen LogP contribution in [0.1, 0.15) is 37.0 Å². The van der Waals surface area contributed by atoms with Gasteiger partial charge in [-0.1, -0.05) is 36.4 Å². The third-order valence-corrected chi connectivity index (χ3v) is 6.22. The molecule has 0 bridgehead atoms. The van der Waals surface area contributed by atoms with E-state index in [9.17, 15) is 15.0 Å². The molecule has 154 valence electrons. The Hall–Kier alpha value is -2.28. The predicted molar refractivity (Wildman–Crippen MR) is 111 cm³/mol. The molecular formula is C23H29N3O3. The standard InChI is InChI=1S/C23H29N3O3/c1-16(27)25-22-8-7-18(12-24-22)21(28)15-26-13-19-10-23(29,11-20(19)14-26)9-17-5-3-2-4-6-17/h2-8,12,19-21,28-29H,9-11,13-15H2,1H3,(H,24,25,27)/t19-,20+,21?,23+. The van der Waals surface area contributed by atoms with Gasteiger partial charge >= 0.3 is 0 Å². The van der Waals surface area contributed by atoms with Gasteiger partial charge in [-0.15, -0.1) is 0 Å². The largest absolute Gasteiger partial charge is 0.390 e. The Kier molecular flexibility index (Phi) is 5.67. The molecule has 1 saturated carbocycles. The number of likely N-dealkylation sites (tertiary alicyclic amines) is 1. The van der Waals surface area contributed by atoms with E-state index in [4.69, 9.17) is 0 Å². The molecule has 4 atom stereocenters. The van der Waals surface area contributed by atoms with Crippen molar-refractivity contribution in [3.63, 3.8) is 0 Å². The molecule has 29 heavy (non-hydrogen) atoms. The Bertz CT molecular complexity index is 826. The minimum absolute atomic E-state index is 0.165. The number of carbonyl (C=O) groups is 1. The first-order valence-corrected chi connectivity index (χ1v) is 10.3. The van der Waals surface area contributed by atoms with E-state index in [-0.39, 0.29) is 5.91 Å². The molecule has 2 aliphatic rings. The highest BCUT2D eigenvalue weighted by Crippen LogP contribution is 2.45. The van der Waals surface area contributed by atoms with Crippen LogP contribution in [0.4, 0.5) is 5.82 Å². The number of hydrogen-bond donors (Lipinski definition) is 3. The first kappa shape index (κ1) is 20.0. The summed E-state index contributed by atoms with van der Waals surface area (Å²) in [5, 5.41) is 24.3. The Morgan fingerprint density at radius 3 is 2.48 bits per heavy atom. The highest BCUT2D eigenvalue weighted by Gasteiger charge is 2.48. The molecule has 3 N–H and O–H groups in total. The minimum Gasteiger partial charge on any atom is -0.390 e. The van der Waals surface area contributed by atoms with Gasteiger partial charge in [0.15, 0.2) is 0 Å². The van der Waals surface area contributed by atoms with E-state index >= 15 is 0 Å². The summed E-state index contributed by atoms with van der Waals surface area (Å²) in [7, 11) is 0. The average Bonchev–Trinajstić information content (AvgIpc) is 3.16. The zero-order chi connectivity index (χ0) is 20.4. The zero-order valence-electron chi connectivity index (χ0n) is 16.8. The quantitative estimate of drug-likeness (QED) is 0.699. The van der Waals surface area contributed by atoms with Gasteiger partial charge in [-0.25, -0.2) is 4.98 Å². The molecule has 2 heterocycles. The molecule has 2 fully saturated rings. The van der Waals surface area contributed by atoms with E-state index < -0.39 is 11.7 Å². The van der Waals surface area contributed by atoms with Crippen molar-refractivity contribution in [1.29, 1.82) is 0 Å². The van der Waals surface area contributed by atoms with Crippen LogP contribution in [0.3, 0.4) is 0 Å². The maximum atomic E-state index is 11.1. The van der Waals surface area contributed by atoms with Gasteiger partial charge in [-0.2, -0.15) is 0 Å². The maximum Gasteiger partial charge on any atom is 0.222 e. The number of aromatic nitrogens is 1. The highest BCUT2D eigenvalue weighted by molar-refractivity contribution is 5.87. The number of pyridine rings is 1. The SMILES string of the molecule is CC(=O)Nc1ccc(C(O)CN2C[C@@H]3C[C@](O)(Cc4ccccc4)C[C@@H]3C2)cn1. The van der Waals surface area contributed by atoms with Gasteiger partial charge < -0.3 is 15.5 Å². The van der Waals surface area contributed by atoms with Crippen molar-refractivity contribution >= 4 is 11.7 Å². The van der Waals surface area contributed by atoms with Crippen LogP contribution in [0.2, 0.25) is 0 Å². The monoisotopic (exact) mass is 395 g/mol. The van der Waals surface area contributed by atoms with Gasteiger partial charge in [-0.05, 0) is 36.3 Å². The molecule has 1 saturated heterocycles. The molecule has 0 radical (unpaired) electrons. The Labute approximate surface area is 171 Å². The Balaban J connectivity index is 1.29.